The van der Waals surface area contributed by atoms with Gasteiger partial charge in [-0.2, -0.15) is 0 Å². The van der Waals surface area contributed by atoms with Gasteiger partial charge in [-0.3, -0.25) is 4.98 Å². The first-order valence-electron chi connectivity index (χ1n) is 11.8. The third kappa shape index (κ3) is 1.91. The van der Waals surface area contributed by atoms with Crippen LogP contribution in [-0.2, 0) is 0 Å². The van der Waals surface area contributed by atoms with Crippen molar-refractivity contribution in [2.45, 2.75) is 0 Å². The molecule has 154 valence electrons. The van der Waals surface area contributed by atoms with Crippen LogP contribution in [0.1, 0.15) is 0 Å². The molecular weight excluding hydrogens is 410 g/mol. The van der Waals surface area contributed by atoms with E-state index in [1.165, 1.54) is 81.5 Å². The molecule has 0 atom stereocenters. The Labute approximate surface area is 195 Å². The highest BCUT2D eigenvalue weighted by molar-refractivity contribution is 6.37. The molecule has 9 rings (SSSR count). The van der Waals surface area contributed by atoms with E-state index in [1.54, 1.807) is 0 Å². The van der Waals surface area contributed by atoms with Gasteiger partial charge in [0.05, 0.1) is 5.52 Å². The first-order chi connectivity index (χ1) is 16.8. The molecule has 0 saturated carbocycles. The normalized spacial score (nSPS) is 12.7. The molecule has 1 aromatic heterocycles. The molecule has 0 spiro atoms. The lowest BCUT2D eigenvalue weighted by molar-refractivity contribution is 1.42. The van der Waals surface area contributed by atoms with Crippen LogP contribution < -0.4 is 0 Å². The van der Waals surface area contributed by atoms with Crippen LogP contribution >= 0.6 is 0 Å². The Balaban J connectivity index is 1.48. The van der Waals surface area contributed by atoms with Crippen LogP contribution in [0.15, 0.2) is 103 Å². The minimum atomic E-state index is 1.05. The zero-order valence-electron chi connectivity index (χ0n) is 18.3. The van der Waals surface area contributed by atoms with Gasteiger partial charge in [0.25, 0.3) is 0 Å². The molecule has 0 aliphatic heterocycles. The van der Waals surface area contributed by atoms with Crippen molar-refractivity contribution in [2.75, 3.05) is 0 Å². The summed E-state index contributed by atoms with van der Waals surface area (Å²) in [4.78, 5) is 4.58. The molecule has 1 aliphatic rings. The van der Waals surface area contributed by atoms with Crippen LogP contribution in [0.5, 0.6) is 0 Å². The summed E-state index contributed by atoms with van der Waals surface area (Å²) in [6.07, 6.45) is 1.87. The third-order valence-corrected chi connectivity index (χ3v) is 7.92. The van der Waals surface area contributed by atoms with Crippen LogP contribution in [0.25, 0.3) is 87.0 Å². The first kappa shape index (κ1) is 17.0. The number of fused-ring (bicyclic) bond motifs is 7. The molecule has 0 bridgehead atoms. The van der Waals surface area contributed by atoms with Crippen molar-refractivity contribution in [1.29, 1.82) is 0 Å². The number of aromatic nitrogens is 1. The van der Waals surface area contributed by atoms with E-state index in [1.807, 2.05) is 12.3 Å². The Morgan fingerprint density at radius 2 is 1.00 bits per heavy atom. The number of benzene rings is 7. The van der Waals surface area contributed by atoms with Crippen molar-refractivity contribution >= 4 is 64.8 Å². The summed E-state index contributed by atoms with van der Waals surface area (Å²) in [6, 6.07) is 36.2. The van der Waals surface area contributed by atoms with Gasteiger partial charge in [-0.05, 0) is 106 Å². The summed E-state index contributed by atoms with van der Waals surface area (Å²) in [5.41, 5.74) is 6.42. The van der Waals surface area contributed by atoms with Crippen LogP contribution in [0.2, 0.25) is 0 Å². The second kappa shape index (κ2) is 5.70. The maximum absolute atomic E-state index is 4.58. The van der Waals surface area contributed by atoms with E-state index in [-0.39, 0.29) is 0 Å². The second-order valence-corrected chi connectivity index (χ2v) is 9.57. The minimum absolute atomic E-state index is 1.05. The Morgan fingerprint density at radius 3 is 1.71 bits per heavy atom. The molecule has 8 aromatic rings. The zero-order chi connectivity index (χ0) is 22.0. The predicted molar refractivity (Wildman–Crippen MR) is 145 cm³/mol. The Hall–Kier alpha value is -4.49. The molecule has 0 saturated heterocycles. The van der Waals surface area contributed by atoms with Gasteiger partial charge in [0.2, 0.25) is 0 Å². The Kier molecular flexibility index (Phi) is 2.86. The summed E-state index contributed by atoms with van der Waals surface area (Å²) in [6.45, 7) is 0. The fraction of sp³-hybridized carbons (Fsp3) is 0. The molecule has 0 N–H and O–H groups in total. The van der Waals surface area contributed by atoms with E-state index >= 15 is 0 Å². The topological polar surface area (TPSA) is 12.9 Å². The molecule has 34 heavy (non-hydrogen) atoms. The van der Waals surface area contributed by atoms with Crippen molar-refractivity contribution in [3.8, 4) is 22.3 Å². The molecule has 0 unspecified atom stereocenters. The average Bonchev–Trinajstić information content (AvgIpc) is 3.20. The van der Waals surface area contributed by atoms with Gasteiger partial charge in [0.1, 0.15) is 0 Å². The number of pyridine rings is 1. The SMILES string of the molecule is c1cnc2cc3cc4c(cc3cc2c1)-c1ccc2c3cccc5cccc(c6ccc-4c1c26)c53. The van der Waals surface area contributed by atoms with Crippen LogP contribution in [-0.4, -0.2) is 4.98 Å². The van der Waals surface area contributed by atoms with Crippen molar-refractivity contribution < 1.29 is 0 Å². The quantitative estimate of drug-likeness (QED) is 0.174. The second-order valence-electron chi connectivity index (χ2n) is 9.57. The van der Waals surface area contributed by atoms with Crippen molar-refractivity contribution in [1.82, 2.24) is 4.98 Å². The number of nitrogens with zero attached hydrogens (tertiary/aromatic N) is 1. The van der Waals surface area contributed by atoms with Gasteiger partial charge in [-0.15, -0.1) is 0 Å². The summed E-state index contributed by atoms with van der Waals surface area (Å²) >= 11 is 0. The molecule has 0 fully saturated rings. The van der Waals surface area contributed by atoms with E-state index in [0.29, 0.717) is 0 Å². The summed E-state index contributed by atoms with van der Waals surface area (Å²) in [5, 5.41) is 14.6. The van der Waals surface area contributed by atoms with Crippen LogP contribution in [0, 0.1) is 0 Å². The van der Waals surface area contributed by atoms with Crippen LogP contribution in [0.3, 0.4) is 0 Å². The lowest BCUT2D eigenvalue weighted by Crippen LogP contribution is -1.87. The van der Waals surface area contributed by atoms with E-state index in [4.69, 9.17) is 0 Å². The van der Waals surface area contributed by atoms with Crippen molar-refractivity contribution in [2.24, 2.45) is 0 Å². The highest BCUT2D eigenvalue weighted by Crippen LogP contribution is 2.53. The first-order valence-corrected chi connectivity index (χ1v) is 11.8. The lowest BCUT2D eigenvalue weighted by Gasteiger charge is -2.15. The Morgan fingerprint density at radius 1 is 0.382 bits per heavy atom. The van der Waals surface area contributed by atoms with Crippen molar-refractivity contribution in [3.05, 3.63) is 103 Å². The Bertz CT molecular complexity index is 2020. The summed E-state index contributed by atoms with van der Waals surface area (Å²) in [7, 11) is 0. The largest absolute Gasteiger partial charge is 0.256 e. The number of hydrogen-bond donors (Lipinski definition) is 0. The van der Waals surface area contributed by atoms with E-state index < -0.39 is 0 Å². The maximum atomic E-state index is 4.58. The minimum Gasteiger partial charge on any atom is -0.256 e. The molecule has 0 radical (unpaired) electrons. The molecule has 1 aliphatic carbocycles. The predicted octanol–water partition coefficient (Wildman–Crippen LogP) is 9.09. The fourth-order valence-corrected chi connectivity index (χ4v) is 6.50. The van der Waals surface area contributed by atoms with Gasteiger partial charge in [0.15, 0.2) is 0 Å². The monoisotopic (exact) mass is 427 g/mol. The maximum Gasteiger partial charge on any atom is 0.0708 e. The highest BCUT2D eigenvalue weighted by Gasteiger charge is 2.25. The summed E-state index contributed by atoms with van der Waals surface area (Å²) < 4.78 is 0. The zero-order valence-corrected chi connectivity index (χ0v) is 18.3. The fourth-order valence-electron chi connectivity index (χ4n) is 6.50. The molecule has 7 aromatic carbocycles. The van der Waals surface area contributed by atoms with Gasteiger partial charge in [-0.1, -0.05) is 66.7 Å². The van der Waals surface area contributed by atoms with Gasteiger partial charge in [-0.25, -0.2) is 0 Å². The standard InChI is InChI=1S/C33H17N/c1-4-18-5-2-8-23-25-10-12-27-29-16-21-17-30-19(6-3-13-34-30)14-20(21)15-28(29)26-11-9-24(32(25)33(26)27)22(7-1)31(18)23/h1-17H. The van der Waals surface area contributed by atoms with Gasteiger partial charge < -0.3 is 0 Å². The molecule has 0 amide bonds. The van der Waals surface area contributed by atoms with E-state index in [2.05, 4.69) is 96.0 Å². The highest BCUT2D eigenvalue weighted by atomic mass is 14.6. The van der Waals surface area contributed by atoms with Gasteiger partial charge >= 0.3 is 0 Å². The smallest absolute Gasteiger partial charge is 0.0708 e. The molecule has 1 heterocycles. The average molecular weight is 428 g/mol. The van der Waals surface area contributed by atoms with E-state index in [9.17, 15) is 0 Å². The molecular formula is C33H17N. The van der Waals surface area contributed by atoms with E-state index in [0.717, 1.165) is 5.52 Å². The van der Waals surface area contributed by atoms with Crippen LogP contribution in [0.4, 0.5) is 0 Å². The number of hydrogen-bond acceptors (Lipinski definition) is 1. The number of rotatable bonds is 0. The molecule has 1 heteroatoms. The van der Waals surface area contributed by atoms with Gasteiger partial charge in [0, 0.05) is 11.6 Å². The summed E-state index contributed by atoms with van der Waals surface area (Å²) in [5.74, 6) is 0. The third-order valence-electron chi connectivity index (χ3n) is 7.92. The van der Waals surface area contributed by atoms with Crippen molar-refractivity contribution in [3.63, 3.8) is 0 Å². The molecule has 1 nitrogen and oxygen atoms in total. The lowest BCUT2D eigenvalue weighted by atomic mass is 9.88.